The minimum Gasteiger partial charge on any atom is -0.466 e. The van der Waals surface area contributed by atoms with E-state index in [2.05, 4.69) is 55.6 Å². The van der Waals surface area contributed by atoms with Gasteiger partial charge in [-0.25, -0.2) is 0 Å². The van der Waals surface area contributed by atoms with Crippen LogP contribution in [0, 0.1) is 0 Å². The van der Waals surface area contributed by atoms with Crippen LogP contribution in [0.5, 0.6) is 0 Å². The Kier molecular flexibility index (Phi) is 65.4. The molecule has 0 rings (SSSR count). The Balaban J connectivity index is 3.31. The molecule has 0 aliphatic carbocycles. The van der Waals surface area contributed by atoms with Gasteiger partial charge in [-0.2, -0.15) is 0 Å². The zero-order valence-corrected chi connectivity index (χ0v) is 52.4. The molecule has 6 heteroatoms. The van der Waals surface area contributed by atoms with Crippen molar-refractivity contribution in [2.75, 3.05) is 13.2 Å². The molecule has 0 bridgehead atoms. The second kappa shape index (κ2) is 67.3. The number of hydrogen-bond acceptors (Lipinski definition) is 5. The first kappa shape index (κ1) is 75.8. The third kappa shape index (κ3) is 63.0. The molecule has 1 amide bonds. The van der Waals surface area contributed by atoms with E-state index in [-0.39, 0.29) is 18.5 Å². The Morgan fingerprint density at radius 2 is 0.667 bits per heavy atom. The zero-order chi connectivity index (χ0) is 56.4. The van der Waals surface area contributed by atoms with Crippen LogP contribution in [0.15, 0.2) is 48.6 Å². The van der Waals surface area contributed by atoms with Crippen LogP contribution < -0.4 is 5.32 Å². The monoisotopic (exact) mass is 1090 g/mol. The van der Waals surface area contributed by atoms with Crippen LogP contribution in [0.1, 0.15) is 373 Å². The molecule has 458 valence electrons. The molecule has 78 heavy (non-hydrogen) atoms. The number of hydrogen-bond donors (Lipinski definition) is 3. The first-order chi connectivity index (χ1) is 38.5. The summed E-state index contributed by atoms with van der Waals surface area (Å²) in [6.45, 7) is 4.82. The number of amides is 1. The summed E-state index contributed by atoms with van der Waals surface area (Å²) < 4.78 is 5.48. The Morgan fingerprint density at radius 1 is 0.359 bits per heavy atom. The van der Waals surface area contributed by atoms with Crippen molar-refractivity contribution in [3.05, 3.63) is 48.6 Å². The normalized spacial score (nSPS) is 12.8. The second-order valence-electron chi connectivity index (χ2n) is 23.9. The predicted octanol–water partition coefficient (Wildman–Crippen LogP) is 22.5. The van der Waals surface area contributed by atoms with Gasteiger partial charge in [-0.15, -0.1) is 0 Å². The maximum Gasteiger partial charge on any atom is 0.305 e. The van der Waals surface area contributed by atoms with Crippen molar-refractivity contribution in [3.63, 3.8) is 0 Å². The Bertz CT molecular complexity index is 1310. The van der Waals surface area contributed by atoms with E-state index < -0.39 is 12.1 Å². The Morgan fingerprint density at radius 3 is 1.04 bits per heavy atom. The van der Waals surface area contributed by atoms with E-state index in [0.717, 1.165) is 51.4 Å². The van der Waals surface area contributed by atoms with Gasteiger partial charge in [0.05, 0.1) is 25.4 Å². The standard InChI is InChI=1S/C72H135NO5/c1-3-5-7-9-11-13-14-42-46-50-54-58-62-66-72(77)78-67-63-59-55-51-47-44-41-39-37-35-33-31-29-27-25-23-21-19-17-15-16-18-20-22-24-26-28-30-32-34-36-38-40-43-45-49-53-57-61-65-71(76)73-69(68-74)70(75)64-60-56-52-48-12-10-8-6-4-2/h7,9,13-16,60,64,69-70,74-75H,3-6,8,10-12,17-59,61-63,65-68H2,1-2H3,(H,73,76)/b9-7-,14-13-,16-15-,64-60+. The molecule has 0 spiro atoms. The fraction of sp³-hybridized carbons (Fsp3) is 0.861. The van der Waals surface area contributed by atoms with Gasteiger partial charge in [0.2, 0.25) is 5.91 Å². The number of allylic oxidation sites excluding steroid dienone is 7. The van der Waals surface area contributed by atoms with Gasteiger partial charge in [-0.1, -0.05) is 326 Å². The number of rotatable bonds is 65. The molecule has 2 unspecified atom stereocenters. The lowest BCUT2D eigenvalue weighted by molar-refractivity contribution is -0.143. The molecule has 0 aliphatic heterocycles. The number of aliphatic hydroxyl groups excluding tert-OH is 2. The molecule has 0 saturated heterocycles. The molecule has 0 aromatic heterocycles. The second-order valence-corrected chi connectivity index (χ2v) is 23.9. The number of nitrogens with one attached hydrogen (secondary N) is 1. The van der Waals surface area contributed by atoms with Crippen LogP contribution in [0.25, 0.3) is 0 Å². The Hall–Kier alpha value is -2.18. The predicted molar refractivity (Wildman–Crippen MR) is 342 cm³/mol. The summed E-state index contributed by atoms with van der Waals surface area (Å²) in [6, 6.07) is -0.622. The maximum atomic E-state index is 12.4. The van der Waals surface area contributed by atoms with Crippen LogP contribution in [0.2, 0.25) is 0 Å². The van der Waals surface area contributed by atoms with E-state index in [9.17, 15) is 19.8 Å². The number of unbranched alkanes of at least 4 members (excludes halogenated alkanes) is 48. The van der Waals surface area contributed by atoms with Crippen LogP contribution in [0.3, 0.4) is 0 Å². The number of carbonyl (C=O) groups is 2. The van der Waals surface area contributed by atoms with Crippen molar-refractivity contribution in [2.24, 2.45) is 0 Å². The summed E-state index contributed by atoms with van der Waals surface area (Å²) in [5.74, 6) is -0.0588. The van der Waals surface area contributed by atoms with Crippen LogP contribution >= 0.6 is 0 Å². The summed E-state index contributed by atoms with van der Waals surface area (Å²) in [5, 5.41) is 23.0. The van der Waals surface area contributed by atoms with Crippen LogP contribution in [-0.4, -0.2) is 47.4 Å². The first-order valence-corrected chi connectivity index (χ1v) is 34.9. The summed E-state index contributed by atoms with van der Waals surface area (Å²) >= 11 is 0. The van der Waals surface area contributed by atoms with Crippen molar-refractivity contribution in [1.29, 1.82) is 0 Å². The van der Waals surface area contributed by atoms with Gasteiger partial charge < -0.3 is 20.3 Å². The van der Waals surface area contributed by atoms with Crippen molar-refractivity contribution in [2.45, 2.75) is 386 Å². The Labute approximate surface area is 486 Å². The van der Waals surface area contributed by atoms with E-state index in [1.165, 1.54) is 295 Å². The number of esters is 1. The van der Waals surface area contributed by atoms with Crippen LogP contribution in [0.4, 0.5) is 0 Å². The molecule has 0 fully saturated rings. The van der Waals surface area contributed by atoms with Gasteiger partial charge in [-0.05, 0) is 83.5 Å². The van der Waals surface area contributed by atoms with Crippen molar-refractivity contribution < 1.29 is 24.5 Å². The summed E-state index contributed by atoms with van der Waals surface area (Å²) in [6.07, 6.45) is 88.0. The number of ether oxygens (including phenoxy) is 1. The van der Waals surface area contributed by atoms with Gasteiger partial charge in [0.15, 0.2) is 0 Å². The zero-order valence-electron chi connectivity index (χ0n) is 52.4. The lowest BCUT2D eigenvalue weighted by Crippen LogP contribution is -2.45. The third-order valence-electron chi connectivity index (χ3n) is 16.0. The SMILES string of the molecule is CCC/C=C\C/C=C\CCCCCCCC(=O)OCCCCCCCCCCCCCCCCCCCC/C=C\CCCCCCCCCCCCCCCCCCCC(=O)NC(CO)C(O)/C=C/CCCCCCCCC. The van der Waals surface area contributed by atoms with E-state index in [0.29, 0.717) is 19.4 Å². The average Bonchev–Trinajstić information content (AvgIpc) is 3.44. The van der Waals surface area contributed by atoms with E-state index in [1.54, 1.807) is 6.08 Å². The molecular weight excluding hydrogens is 959 g/mol. The number of carbonyl (C=O) groups excluding carboxylic acids is 2. The molecular formula is C72H135NO5. The fourth-order valence-corrected chi connectivity index (χ4v) is 10.7. The number of aliphatic hydroxyl groups is 2. The molecule has 2 atom stereocenters. The lowest BCUT2D eigenvalue weighted by Gasteiger charge is -2.20. The van der Waals surface area contributed by atoms with Gasteiger partial charge in [0.25, 0.3) is 0 Å². The fourth-order valence-electron chi connectivity index (χ4n) is 10.7. The average molecular weight is 1090 g/mol. The van der Waals surface area contributed by atoms with Crippen molar-refractivity contribution in [1.82, 2.24) is 5.32 Å². The lowest BCUT2D eigenvalue weighted by atomic mass is 10.0. The highest BCUT2D eigenvalue weighted by molar-refractivity contribution is 5.76. The van der Waals surface area contributed by atoms with E-state index in [1.807, 2.05) is 6.08 Å². The molecule has 6 nitrogen and oxygen atoms in total. The minimum absolute atomic E-state index is 0.00668. The first-order valence-electron chi connectivity index (χ1n) is 34.9. The van der Waals surface area contributed by atoms with Crippen LogP contribution in [-0.2, 0) is 14.3 Å². The molecule has 3 N–H and O–H groups in total. The highest BCUT2D eigenvalue weighted by Gasteiger charge is 2.18. The molecule has 0 heterocycles. The van der Waals surface area contributed by atoms with Gasteiger partial charge >= 0.3 is 5.97 Å². The molecule has 0 aromatic rings. The highest BCUT2D eigenvalue weighted by atomic mass is 16.5. The molecule has 0 aliphatic rings. The summed E-state index contributed by atoms with van der Waals surface area (Å²) in [4.78, 5) is 24.4. The van der Waals surface area contributed by atoms with E-state index in [4.69, 9.17) is 4.74 Å². The third-order valence-corrected chi connectivity index (χ3v) is 16.0. The smallest absolute Gasteiger partial charge is 0.305 e. The topological polar surface area (TPSA) is 95.9 Å². The van der Waals surface area contributed by atoms with Gasteiger partial charge in [0.1, 0.15) is 0 Å². The van der Waals surface area contributed by atoms with Gasteiger partial charge in [-0.3, -0.25) is 9.59 Å². The van der Waals surface area contributed by atoms with Crippen molar-refractivity contribution in [3.8, 4) is 0 Å². The quantitative estimate of drug-likeness (QED) is 0.0320. The maximum absolute atomic E-state index is 12.4. The largest absolute Gasteiger partial charge is 0.466 e. The summed E-state index contributed by atoms with van der Waals surface area (Å²) in [7, 11) is 0. The molecule has 0 aromatic carbocycles. The minimum atomic E-state index is -0.839. The molecule has 0 radical (unpaired) electrons. The summed E-state index contributed by atoms with van der Waals surface area (Å²) in [5.41, 5.74) is 0. The van der Waals surface area contributed by atoms with E-state index >= 15 is 0 Å². The highest BCUT2D eigenvalue weighted by Crippen LogP contribution is 2.18. The van der Waals surface area contributed by atoms with Gasteiger partial charge in [0, 0.05) is 12.8 Å². The molecule has 0 saturated carbocycles. The van der Waals surface area contributed by atoms with Crippen molar-refractivity contribution >= 4 is 11.9 Å².